The third kappa shape index (κ3) is 3.92. The van der Waals surface area contributed by atoms with E-state index in [0.29, 0.717) is 16.8 Å². The molecule has 0 saturated carbocycles. The van der Waals surface area contributed by atoms with Crippen molar-refractivity contribution in [2.45, 2.75) is 12.8 Å². The lowest BCUT2D eigenvalue weighted by atomic mass is 10.0. The molecular formula is C22H21FN4O. The van der Waals surface area contributed by atoms with E-state index in [4.69, 9.17) is 0 Å². The van der Waals surface area contributed by atoms with Crippen LogP contribution in [0.3, 0.4) is 0 Å². The van der Waals surface area contributed by atoms with Gasteiger partial charge in [-0.2, -0.15) is 5.10 Å². The molecule has 6 heteroatoms. The third-order valence-electron chi connectivity index (χ3n) is 4.98. The molecule has 2 aromatic carbocycles. The molecule has 5 nitrogen and oxygen atoms in total. The second-order valence-corrected chi connectivity index (χ2v) is 7.00. The molecule has 0 bridgehead atoms. The first-order chi connectivity index (χ1) is 13.6. The number of rotatable bonds is 3. The molecule has 1 aliphatic rings. The van der Waals surface area contributed by atoms with E-state index >= 15 is 0 Å². The number of para-hydroxylation sites is 1. The Balaban J connectivity index is 1.67. The molecule has 0 aliphatic carbocycles. The number of carbonyl (C=O) groups excluding carboxylic acids is 1. The summed E-state index contributed by atoms with van der Waals surface area (Å²) in [6.07, 6.45) is 1.71. The molecule has 4 rings (SSSR count). The fourth-order valence-corrected chi connectivity index (χ4v) is 3.31. The molecule has 28 heavy (non-hydrogen) atoms. The van der Waals surface area contributed by atoms with Crippen molar-refractivity contribution in [1.82, 2.24) is 15.3 Å². The molecule has 3 aromatic rings. The number of amides is 1. The van der Waals surface area contributed by atoms with E-state index in [2.05, 4.69) is 27.5 Å². The van der Waals surface area contributed by atoms with Crippen molar-refractivity contribution in [3.8, 4) is 11.3 Å². The number of carbonyl (C=O) groups is 1. The number of fused-ring (bicyclic) bond motifs is 1. The van der Waals surface area contributed by atoms with Crippen molar-refractivity contribution in [3.05, 3.63) is 66.0 Å². The summed E-state index contributed by atoms with van der Waals surface area (Å²) in [5.74, 6) is -0.579. The smallest absolute Gasteiger partial charge is 0.272 e. The van der Waals surface area contributed by atoms with Crippen LogP contribution in [0.2, 0.25) is 0 Å². The maximum atomic E-state index is 13.3. The van der Waals surface area contributed by atoms with Gasteiger partial charge in [-0.15, -0.1) is 0 Å². The Hall–Kier alpha value is -3.12. The van der Waals surface area contributed by atoms with E-state index in [9.17, 15) is 9.18 Å². The maximum absolute atomic E-state index is 13.3. The van der Waals surface area contributed by atoms with Crippen LogP contribution in [0.4, 0.5) is 4.39 Å². The zero-order chi connectivity index (χ0) is 19.5. The Morgan fingerprint density at radius 3 is 2.57 bits per heavy atom. The lowest BCUT2D eigenvalue weighted by Crippen LogP contribution is -2.32. The highest BCUT2D eigenvalue weighted by Gasteiger charge is 2.15. The minimum absolute atomic E-state index is 0.270. The van der Waals surface area contributed by atoms with E-state index in [-0.39, 0.29) is 11.7 Å². The van der Waals surface area contributed by atoms with Crippen molar-refractivity contribution < 1.29 is 9.18 Å². The predicted molar refractivity (Wildman–Crippen MR) is 109 cm³/mol. The average molecular weight is 376 g/mol. The van der Waals surface area contributed by atoms with Crippen LogP contribution in [-0.4, -0.2) is 41.6 Å². The zero-order valence-corrected chi connectivity index (χ0v) is 15.7. The summed E-state index contributed by atoms with van der Waals surface area (Å²) >= 11 is 0. The number of nitrogens with one attached hydrogen (secondary N) is 1. The fourth-order valence-electron chi connectivity index (χ4n) is 3.31. The average Bonchev–Trinajstić information content (AvgIpc) is 2.73. The van der Waals surface area contributed by atoms with Gasteiger partial charge in [-0.25, -0.2) is 14.8 Å². The highest BCUT2D eigenvalue weighted by molar-refractivity contribution is 6.07. The van der Waals surface area contributed by atoms with E-state index in [0.717, 1.165) is 42.6 Å². The number of aromatic nitrogens is 1. The van der Waals surface area contributed by atoms with Crippen molar-refractivity contribution in [2.75, 3.05) is 20.1 Å². The Bertz CT molecular complexity index is 1040. The quantitative estimate of drug-likeness (QED) is 0.707. The highest BCUT2D eigenvalue weighted by atomic mass is 19.1. The van der Waals surface area contributed by atoms with Crippen LogP contribution in [0.1, 0.15) is 23.2 Å². The van der Waals surface area contributed by atoms with Gasteiger partial charge in [0.15, 0.2) is 0 Å². The Labute approximate surface area is 162 Å². The molecule has 1 N–H and O–H groups in total. The number of likely N-dealkylation sites (tertiary alicyclic amines) is 1. The van der Waals surface area contributed by atoms with Gasteiger partial charge < -0.3 is 4.90 Å². The normalized spacial score (nSPS) is 14.9. The minimum atomic E-state index is -0.309. The first-order valence-corrected chi connectivity index (χ1v) is 9.30. The second-order valence-electron chi connectivity index (χ2n) is 7.00. The summed E-state index contributed by atoms with van der Waals surface area (Å²) in [7, 11) is 2.08. The summed E-state index contributed by atoms with van der Waals surface area (Å²) in [6.45, 7) is 1.89. The largest absolute Gasteiger partial charge is 0.306 e. The van der Waals surface area contributed by atoms with Gasteiger partial charge in [-0.3, -0.25) is 4.79 Å². The van der Waals surface area contributed by atoms with E-state index in [1.165, 1.54) is 12.1 Å². The Kier molecular flexibility index (Phi) is 5.12. The summed E-state index contributed by atoms with van der Waals surface area (Å²) < 4.78 is 13.3. The van der Waals surface area contributed by atoms with Crippen LogP contribution < -0.4 is 5.43 Å². The fraction of sp³-hybridized carbons (Fsp3) is 0.227. The molecule has 1 aliphatic heterocycles. The third-order valence-corrected chi connectivity index (χ3v) is 4.98. The van der Waals surface area contributed by atoms with Crippen LogP contribution >= 0.6 is 0 Å². The molecule has 0 radical (unpaired) electrons. The molecule has 142 valence electrons. The molecule has 1 aromatic heterocycles. The second kappa shape index (κ2) is 7.86. The molecule has 0 unspecified atom stereocenters. The van der Waals surface area contributed by atoms with E-state index in [1.807, 2.05) is 24.3 Å². The number of benzene rings is 2. The Morgan fingerprint density at radius 2 is 1.82 bits per heavy atom. The highest BCUT2D eigenvalue weighted by Crippen LogP contribution is 2.25. The minimum Gasteiger partial charge on any atom is -0.306 e. The summed E-state index contributed by atoms with van der Waals surface area (Å²) in [6, 6.07) is 15.3. The SMILES string of the molecule is CN1CCC(=NNC(=O)c2cc(-c3ccc(F)cc3)nc3ccccc23)CC1. The van der Waals surface area contributed by atoms with Gasteiger partial charge in [0, 0.05) is 42.6 Å². The number of hydrogen-bond donors (Lipinski definition) is 1. The van der Waals surface area contributed by atoms with Crippen LogP contribution in [-0.2, 0) is 0 Å². The van der Waals surface area contributed by atoms with Gasteiger partial charge in [0.2, 0.25) is 0 Å². The molecule has 1 saturated heterocycles. The van der Waals surface area contributed by atoms with Crippen LogP contribution in [0, 0.1) is 5.82 Å². The molecule has 1 amide bonds. The van der Waals surface area contributed by atoms with Crippen LogP contribution in [0.25, 0.3) is 22.2 Å². The number of nitrogens with zero attached hydrogens (tertiary/aromatic N) is 3. The predicted octanol–water partition coefficient (Wildman–Crippen LogP) is 3.85. The lowest BCUT2D eigenvalue weighted by molar-refractivity contribution is 0.0956. The number of piperidine rings is 1. The first kappa shape index (κ1) is 18.3. The number of hydrogen-bond acceptors (Lipinski definition) is 4. The van der Waals surface area contributed by atoms with Crippen molar-refractivity contribution in [1.29, 1.82) is 0 Å². The first-order valence-electron chi connectivity index (χ1n) is 9.30. The summed E-state index contributed by atoms with van der Waals surface area (Å²) in [5.41, 5.74) is 6.29. The van der Waals surface area contributed by atoms with Gasteiger partial charge in [0.1, 0.15) is 5.82 Å². The van der Waals surface area contributed by atoms with Gasteiger partial charge in [-0.05, 0) is 43.4 Å². The monoisotopic (exact) mass is 376 g/mol. The molecule has 2 heterocycles. The summed E-state index contributed by atoms with van der Waals surface area (Å²) in [5, 5.41) is 5.09. The molecule has 0 atom stereocenters. The van der Waals surface area contributed by atoms with Crippen molar-refractivity contribution in [3.63, 3.8) is 0 Å². The molecular weight excluding hydrogens is 355 g/mol. The number of hydrazone groups is 1. The van der Waals surface area contributed by atoms with Crippen molar-refractivity contribution in [2.24, 2.45) is 5.10 Å². The molecule has 0 spiro atoms. The standard InChI is InChI=1S/C22H21FN4O/c1-27-12-10-17(11-13-27)25-26-22(28)19-14-21(15-6-8-16(23)9-7-15)24-20-5-3-2-4-18(19)20/h2-9,14H,10-13H2,1H3,(H,26,28). The van der Waals surface area contributed by atoms with Crippen molar-refractivity contribution >= 4 is 22.5 Å². The number of halogens is 1. The number of pyridine rings is 1. The lowest BCUT2D eigenvalue weighted by Gasteiger charge is -2.22. The molecule has 1 fully saturated rings. The summed E-state index contributed by atoms with van der Waals surface area (Å²) in [4.78, 5) is 19.8. The zero-order valence-electron chi connectivity index (χ0n) is 15.7. The van der Waals surface area contributed by atoms with Gasteiger partial charge in [0.05, 0.1) is 16.8 Å². The topological polar surface area (TPSA) is 57.6 Å². The van der Waals surface area contributed by atoms with E-state index < -0.39 is 0 Å². The van der Waals surface area contributed by atoms with Gasteiger partial charge in [-0.1, -0.05) is 18.2 Å². The Morgan fingerprint density at radius 1 is 1.11 bits per heavy atom. The van der Waals surface area contributed by atoms with Crippen LogP contribution in [0.15, 0.2) is 59.7 Å². The maximum Gasteiger partial charge on any atom is 0.272 e. The van der Waals surface area contributed by atoms with Gasteiger partial charge >= 0.3 is 0 Å². The van der Waals surface area contributed by atoms with E-state index in [1.54, 1.807) is 18.2 Å². The van der Waals surface area contributed by atoms with Gasteiger partial charge in [0.25, 0.3) is 5.91 Å². The van der Waals surface area contributed by atoms with Crippen LogP contribution in [0.5, 0.6) is 0 Å².